The number of benzene rings is 1. The Morgan fingerprint density at radius 3 is 2.23 bits per heavy atom. The fourth-order valence-electron chi connectivity index (χ4n) is 4.12. The topological polar surface area (TPSA) is 70.4 Å². The van der Waals surface area contributed by atoms with Gasteiger partial charge in [0.2, 0.25) is 0 Å². The number of ether oxygens (including phenoxy) is 1. The first-order valence-electron chi connectivity index (χ1n) is 9.30. The van der Waals surface area contributed by atoms with E-state index >= 15 is 0 Å². The van der Waals surface area contributed by atoms with Crippen molar-refractivity contribution in [2.75, 3.05) is 0 Å². The fourth-order valence-corrected chi connectivity index (χ4v) is 4.12. The lowest BCUT2D eigenvalue weighted by Crippen LogP contribution is -2.49. The van der Waals surface area contributed by atoms with Crippen molar-refractivity contribution < 1.29 is 14.3 Å². The van der Waals surface area contributed by atoms with Crippen LogP contribution in [0.4, 0.5) is 4.79 Å². The van der Waals surface area contributed by atoms with Gasteiger partial charge in [0.25, 0.3) is 0 Å². The molecule has 5 heteroatoms. The number of ketones is 1. The van der Waals surface area contributed by atoms with Gasteiger partial charge in [-0.1, -0.05) is 24.3 Å². The van der Waals surface area contributed by atoms with E-state index in [2.05, 4.69) is 6.07 Å². The molecule has 0 aliphatic carbocycles. The molecule has 0 aromatic heterocycles. The lowest BCUT2D eigenvalue weighted by Gasteiger charge is -2.39. The molecule has 1 aromatic carbocycles. The van der Waals surface area contributed by atoms with Crippen LogP contribution in [0.15, 0.2) is 24.3 Å². The van der Waals surface area contributed by atoms with Crippen molar-refractivity contribution in [3.8, 4) is 6.07 Å². The van der Waals surface area contributed by atoms with E-state index in [-0.39, 0.29) is 29.9 Å². The third-order valence-corrected chi connectivity index (χ3v) is 5.23. The summed E-state index contributed by atoms with van der Waals surface area (Å²) >= 11 is 0. The number of piperidine rings is 1. The number of amides is 1. The second kappa shape index (κ2) is 7.11. The first-order chi connectivity index (χ1) is 12.3. The summed E-state index contributed by atoms with van der Waals surface area (Å²) < 4.78 is 5.55. The van der Waals surface area contributed by atoms with Crippen LogP contribution in [0.2, 0.25) is 0 Å². The molecule has 2 unspecified atom stereocenters. The number of nitrogens with zero attached hydrogens (tertiary/aromatic N) is 2. The van der Waals surface area contributed by atoms with Gasteiger partial charge >= 0.3 is 6.09 Å². The van der Waals surface area contributed by atoms with Gasteiger partial charge in [0.15, 0.2) is 5.78 Å². The highest BCUT2D eigenvalue weighted by Gasteiger charge is 2.46. The number of Topliss-reactive ketones (excluding diaryl/α,β-unsaturated/α-hetero) is 1. The standard InChI is InChI=1S/C21H26N2O3/c1-21(2,3)26-20(25)23-17-8-9-18(23)13-16(12-17)19(24)15-6-4-14(5-7-15)10-11-22/h4-7,16-18H,8-10,12-13H2,1-3H3. The first kappa shape index (κ1) is 18.4. The Hall–Kier alpha value is -2.35. The predicted octanol–water partition coefficient (Wildman–Crippen LogP) is 4.11. The van der Waals surface area contributed by atoms with Crippen LogP contribution in [0.1, 0.15) is 62.4 Å². The second-order valence-electron chi connectivity index (χ2n) is 8.34. The fraction of sp³-hybridized carbons (Fsp3) is 0.571. The molecule has 2 bridgehead atoms. The average molecular weight is 354 g/mol. The molecule has 2 aliphatic heterocycles. The SMILES string of the molecule is CC(C)(C)OC(=O)N1C2CCC1CC(C(=O)c1ccc(CC#N)cc1)C2. The second-order valence-corrected chi connectivity index (χ2v) is 8.34. The number of fused-ring (bicyclic) bond motifs is 2. The van der Waals surface area contributed by atoms with Gasteiger partial charge in [-0.2, -0.15) is 5.26 Å². The van der Waals surface area contributed by atoms with Gasteiger partial charge in [-0.05, 0) is 52.0 Å². The number of rotatable bonds is 3. The summed E-state index contributed by atoms with van der Waals surface area (Å²) in [4.78, 5) is 27.3. The van der Waals surface area contributed by atoms with E-state index < -0.39 is 5.60 Å². The zero-order valence-electron chi connectivity index (χ0n) is 15.7. The summed E-state index contributed by atoms with van der Waals surface area (Å²) in [6.45, 7) is 5.62. The molecule has 1 aromatic rings. The molecule has 2 heterocycles. The van der Waals surface area contributed by atoms with Crippen LogP contribution in [0.3, 0.4) is 0 Å². The van der Waals surface area contributed by atoms with Crippen LogP contribution < -0.4 is 0 Å². The minimum atomic E-state index is -0.506. The molecule has 5 nitrogen and oxygen atoms in total. The van der Waals surface area contributed by atoms with Crippen molar-refractivity contribution in [1.29, 1.82) is 5.26 Å². The number of nitriles is 1. The molecule has 0 N–H and O–H groups in total. The van der Waals surface area contributed by atoms with Crippen molar-refractivity contribution in [2.45, 2.75) is 70.6 Å². The molecular formula is C21H26N2O3. The highest BCUT2D eigenvalue weighted by molar-refractivity contribution is 5.98. The van der Waals surface area contributed by atoms with E-state index in [1.54, 1.807) is 0 Å². The largest absolute Gasteiger partial charge is 0.444 e. The first-order valence-corrected chi connectivity index (χ1v) is 9.30. The summed E-state index contributed by atoms with van der Waals surface area (Å²) in [6.07, 6.45) is 3.39. The number of hydrogen-bond acceptors (Lipinski definition) is 4. The maximum absolute atomic E-state index is 12.9. The number of hydrogen-bond donors (Lipinski definition) is 0. The number of carbonyl (C=O) groups excluding carboxylic acids is 2. The van der Waals surface area contributed by atoms with Crippen LogP contribution in [-0.4, -0.2) is 34.5 Å². The van der Waals surface area contributed by atoms with E-state index in [1.165, 1.54) is 0 Å². The van der Waals surface area contributed by atoms with Gasteiger partial charge in [0.1, 0.15) is 5.60 Å². The summed E-state index contributed by atoms with van der Waals surface area (Å²) in [5.74, 6) is 0.0993. The summed E-state index contributed by atoms with van der Waals surface area (Å²) in [6, 6.07) is 9.63. The van der Waals surface area contributed by atoms with Crippen LogP contribution >= 0.6 is 0 Å². The minimum Gasteiger partial charge on any atom is -0.444 e. The lowest BCUT2D eigenvalue weighted by molar-refractivity contribution is 0.00254. The van der Waals surface area contributed by atoms with Gasteiger partial charge in [-0.3, -0.25) is 4.79 Å². The minimum absolute atomic E-state index is 0.0481. The molecule has 3 rings (SSSR count). The smallest absolute Gasteiger partial charge is 0.410 e. The van der Waals surface area contributed by atoms with Crippen molar-refractivity contribution >= 4 is 11.9 Å². The summed E-state index contributed by atoms with van der Waals surface area (Å²) in [5, 5.41) is 8.75. The maximum Gasteiger partial charge on any atom is 0.410 e. The number of carbonyl (C=O) groups is 2. The van der Waals surface area contributed by atoms with E-state index in [0.29, 0.717) is 24.8 Å². The van der Waals surface area contributed by atoms with Gasteiger partial charge in [0.05, 0.1) is 12.5 Å². The molecule has 2 aliphatic rings. The molecular weight excluding hydrogens is 328 g/mol. The van der Waals surface area contributed by atoms with Gasteiger partial charge in [0, 0.05) is 23.6 Å². The summed E-state index contributed by atoms with van der Waals surface area (Å²) in [5.41, 5.74) is 1.11. The lowest BCUT2D eigenvalue weighted by atomic mass is 9.84. The van der Waals surface area contributed by atoms with Gasteiger partial charge in [-0.15, -0.1) is 0 Å². The van der Waals surface area contributed by atoms with Gasteiger partial charge in [-0.25, -0.2) is 4.79 Å². The predicted molar refractivity (Wildman–Crippen MR) is 97.7 cm³/mol. The molecule has 138 valence electrons. The van der Waals surface area contributed by atoms with E-state index in [1.807, 2.05) is 49.9 Å². The third kappa shape index (κ3) is 3.90. The Morgan fingerprint density at radius 2 is 1.73 bits per heavy atom. The molecule has 2 saturated heterocycles. The Morgan fingerprint density at radius 1 is 1.15 bits per heavy atom. The quantitative estimate of drug-likeness (QED) is 0.766. The monoisotopic (exact) mass is 354 g/mol. The van der Waals surface area contributed by atoms with Crippen molar-refractivity contribution in [3.63, 3.8) is 0 Å². The Balaban J connectivity index is 1.67. The molecule has 2 fully saturated rings. The highest BCUT2D eigenvalue weighted by atomic mass is 16.6. The highest BCUT2D eigenvalue weighted by Crippen LogP contribution is 2.40. The Kier molecular flexibility index (Phi) is 5.04. The average Bonchev–Trinajstić information content (AvgIpc) is 2.84. The summed E-state index contributed by atoms with van der Waals surface area (Å²) in [7, 11) is 0. The van der Waals surface area contributed by atoms with Crippen molar-refractivity contribution in [2.24, 2.45) is 5.92 Å². The Bertz CT molecular complexity index is 713. The molecule has 1 amide bonds. The zero-order chi connectivity index (χ0) is 18.9. The van der Waals surface area contributed by atoms with E-state index in [4.69, 9.17) is 10.00 Å². The molecule has 26 heavy (non-hydrogen) atoms. The molecule has 0 spiro atoms. The molecule has 0 radical (unpaired) electrons. The third-order valence-electron chi connectivity index (χ3n) is 5.23. The van der Waals surface area contributed by atoms with Crippen molar-refractivity contribution in [3.05, 3.63) is 35.4 Å². The van der Waals surface area contributed by atoms with Crippen LogP contribution in [0, 0.1) is 17.2 Å². The zero-order valence-corrected chi connectivity index (χ0v) is 15.7. The van der Waals surface area contributed by atoms with Crippen LogP contribution in [0.25, 0.3) is 0 Å². The molecule has 2 atom stereocenters. The van der Waals surface area contributed by atoms with Crippen LogP contribution in [0.5, 0.6) is 0 Å². The van der Waals surface area contributed by atoms with Crippen molar-refractivity contribution in [1.82, 2.24) is 4.90 Å². The van der Waals surface area contributed by atoms with Crippen LogP contribution in [-0.2, 0) is 11.2 Å². The molecule has 0 saturated carbocycles. The van der Waals surface area contributed by atoms with E-state index in [0.717, 1.165) is 18.4 Å². The Labute approximate surface area is 154 Å². The van der Waals surface area contributed by atoms with E-state index in [9.17, 15) is 9.59 Å². The maximum atomic E-state index is 12.9. The normalized spacial score (nSPS) is 24.8. The van der Waals surface area contributed by atoms with Gasteiger partial charge < -0.3 is 9.64 Å².